The van der Waals surface area contributed by atoms with Crippen molar-refractivity contribution in [2.24, 2.45) is 5.73 Å². The molecule has 1 rings (SSSR count). The Bertz CT molecular complexity index is 396. The summed E-state index contributed by atoms with van der Waals surface area (Å²) in [5.74, 6) is -0.205. The maximum absolute atomic E-state index is 10.6. The van der Waals surface area contributed by atoms with Gasteiger partial charge in [-0.3, -0.25) is 4.79 Å². The summed E-state index contributed by atoms with van der Waals surface area (Å²) in [5, 5.41) is 12.1. The number of aliphatic hydroxyl groups is 1. The van der Waals surface area contributed by atoms with Gasteiger partial charge in [-0.25, -0.2) is 0 Å². The topological polar surface area (TPSA) is 111 Å². The normalized spacial score (nSPS) is 11.9. The number of carbonyl (C=O) groups excluding carboxylic acids is 1. The number of ether oxygens (including phenoxy) is 1. The van der Waals surface area contributed by atoms with Crippen LogP contribution in [0.5, 0.6) is 5.75 Å². The van der Waals surface area contributed by atoms with Gasteiger partial charge in [0.15, 0.2) is 0 Å². The molecule has 0 aliphatic carbocycles. The number of amides is 1. The van der Waals surface area contributed by atoms with Crippen LogP contribution >= 0.6 is 0 Å². The SMILES string of the molecule is CCOc1cc(NCC(O)C(N)=O)ccc1N. The monoisotopic (exact) mass is 239 g/mol. The van der Waals surface area contributed by atoms with E-state index >= 15 is 0 Å². The quantitative estimate of drug-likeness (QED) is 0.519. The van der Waals surface area contributed by atoms with Gasteiger partial charge < -0.3 is 26.6 Å². The molecule has 1 aromatic carbocycles. The van der Waals surface area contributed by atoms with E-state index in [1.165, 1.54) is 0 Å². The zero-order valence-electron chi connectivity index (χ0n) is 9.64. The van der Waals surface area contributed by atoms with Gasteiger partial charge in [-0.05, 0) is 19.1 Å². The Morgan fingerprint density at radius 3 is 2.88 bits per heavy atom. The number of nitrogens with two attached hydrogens (primary N) is 2. The Balaban J connectivity index is 2.65. The van der Waals surface area contributed by atoms with Gasteiger partial charge in [0.25, 0.3) is 0 Å². The van der Waals surface area contributed by atoms with E-state index < -0.39 is 12.0 Å². The fourth-order valence-corrected chi connectivity index (χ4v) is 1.24. The van der Waals surface area contributed by atoms with E-state index in [-0.39, 0.29) is 6.54 Å². The molecule has 0 aliphatic rings. The van der Waals surface area contributed by atoms with E-state index in [0.29, 0.717) is 23.7 Å². The smallest absolute Gasteiger partial charge is 0.248 e. The van der Waals surface area contributed by atoms with Crippen molar-refractivity contribution >= 4 is 17.3 Å². The van der Waals surface area contributed by atoms with Gasteiger partial charge in [-0.15, -0.1) is 0 Å². The lowest BCUT2D eigenvalue weighted by atomic mass is 10.2. The lowest BCUT2D eigenvalue weighted by Gasteiger charge is -2.12. The summed E-state index contributed by atoms with van der Waals surface area (Å²) in [6.45, 7) is 2.42. The van der Waals surface area contributed by atoms with Crippen molar-refractivity contribution in [3.63, 3.8) is 0 Å². The fraction of sp³-hybridized carbons (Fsp3) is 0.364. The van der Waals surface area contributed by atoms with Gasteiger partial charge in [0.1, 0.15) is 11.9 Å². The average Bonchev–Trinajstić information content (AvgIpc) is 2.29. The van der Waals surface area contributed by atoms with Crippen LogP contribution in [0.2, 0.25) is 0 Å². The molecule has 0 saturated heterocycles. The van der Waals surface area contributed by atoms with Gasteiger partial charge in [0.2, 0.25) is 5.91 Å². The molecular formula is C11H17N3O3. The number of anilines is 2. The summed E-state index contributed by atoms with van der Waals surface area (Å²) in [5.41, 5.74) is 11.9. The molecule has 0 spiro atoms. The number of nitrogen functional groups attached to an aromatic ring is 1. The summed E-state index contributed by atoms with van der Waals surface area (Å²) in [7, 11) is 0. The molecule has 0 aromatic heterocycles. The maximum Gasteiger partial charge on any atom is 0.248 e. The molecule has 6 heteroatoms. The standard InChI is InChI=1S/C11H17N3O3/c1-2-17-10-5-7(3-4-8(10)12)14-6-9(15)11(13)16/h3-5,9,14-15H,2,6,12H2,1H3,(H2,13,16). The van der Waals surface area contributed by atoms with E-state index in [4.69, 9.17) is 16.2 Å². The Labute approximate surface area is 99.6 Å². The van der Waals surface area contributed by atoms with E-state index in [2.05, 4.69) is 5.32 Å². The van der Waals surface area contributed by atoms with Crippen molar-refractivity contribution in [1.29, 1.82) is 0 Å². The molecule has 0 radical (unpaired) electrons. The third-order valence-electron chi connectivity index (χ3n) is 2.14. The van der Waals surface area contributed by atoms with E-state index in [0.717, 1.165) is 0 Å². The zero-order valence-corrected chi connectivity index (χ0v) is 9.64. The van der Waals surface area contributed by atoms with Crippen molar-refractivity contribution < 1.29 is 14.6 Å². The van der Waals surface area contributed by atoms with Gasteiger partial charge in [-0.1, -0.05) is 0 Å². The fourth-order valence-electron chi connectivity index (χ4n) is 1.24. The Kier molecular flexibility index (Phi) is 4.59. The zero-order chi connectivity index (χ0) is 12.8. The highest BCUT2D eigenvalue weighted by molar-refractivity contribution is 5.79. The first kappa shape index (κ1) is 13.1. The van der Waals surface area contributed by atoms with E-state index in [9.17, 15) is 9.90 Å². The molecule has 17 heavy (non-hydrogen) atoms. The largest absolute Gasteiger partial charge is 0.492 e. The van der Waals surface area contributed by atoms with Crippen molar-refractivity contribution in [3.05, 3.63) is 18.2 Å². The van der Waals surface area contributed by atoms with Gasteiger partial charge in [-0.2, -0.15) is 0 Å². The van der Waals surface area contributed by atoms with Crippen LogP contribution in [0.25, 0.3) is 0 Å². The Morgan fingerprint density at radius 2 is 2.29 bits per heavy atom. The molecule has 1 aromatic rings. The second-order valence-corrected chi connectivity index (χ2v) is 3.48. The number of benzene rings is 1. The van der Waals surface area contributed by atoms with Crippen molar-refractivity contribution in [2.45, 2.75) is 13.0 Å². The molecule has 0 heterocycles. The van der Waals surface area contributed by atoms with Crippen LogP contribution in [0.4, 0.5) is 11.4 Å². The van der Waals surface area contributed by atoms with Crippen LogP contribution in [-0.2, 0) is 4.79 Å². The maximum atomic E-state index is 10.6. The minimum Gasteiger partial charge on any atom is -0.492 e. The molecule has 0 saturated carbocycles. The number of primary amides is 1. The summed E-state index contributed by atoms with van der Waals surface area (Å²) < 4.78 is 5.31. The van der Waals surface area contributed by atoms with Crippen LogP contribution in [0, 0.1) is 0 Å². The Hall–Kier alpha value is -1.95. The number of hydrogen-bond donors (Lipinski definition) is 4. The molecule has 94 valence electrons. The van der Waals surface area contributed by atoms with Gasteiger partial charge in [0.05, 0.1) is 12.3 Å². The molecule has 0 aliphatic heterocycles. The molecule has 1 amide bonds. The lowest BCUT2D eigenvalue weighted by molar-refractivity contribution is -0.125. The molecule has 0 bridgehead atoms. The van der Waals surface area contributed by atoms with Crippen LogP contribution in [0.15, 0.2) is 18.2 Å². The second-order valence-electron chi connectivity index (χ2n) is 3.48. The highest BCUT2D eigenvalue weighted by Gasteiger charge is 2.10. The predicted octanol–water partition coefficient (Wildman–Crippen LogP) is -0.0744. The minimum atomic E-state index is -1.22. The number of carbonyl (C=O) groups is 1. The number of rotatable bonds is 6. The van der Waals surface area contributed by atoms with Crippen LogP contribution in [0.1, 0.15) is 6.92 Å². The van der Waals surface area contributed by atoms with Gasteiger partial charge in [0, 0.05) is 18.3 Å². The highest BCUT2D eigenvalue weighted by Crippen LogP contribution is 2.25. The van der Waals surface area contributed by atoms with Gasteiger partial charge >= 0.3 is 0 Å². The van der Waals surface area contributed by atoms with E-state index in [1.807, 2.05) is 6.92 Å². The van der Waals surface area contributed by atoms with Crippen LogP contribution in [-0.4, -0.2) is 30.3 Å². The first-order chi connectivity index (χ1) is 8.04. The predicted molar refractivity (Wildman–Crippen MR) is 65.7 cm³/mol. The third-order valence-corrected chi connectivity index (χ3v) is 2.14. The first-order valence-electron chi connectivity index (χ1n) is 5.28. The number of nitrogens with one attached hydrogen (secondary N) is 1. The lowest BCUT2D eigenvalue weighted by Crippen LogP contribution is -2.34. The third kappa shape index (κ3) is 3.84. The summed E-state index contributed by atoms with van der Waals surface area (Å²) in [4.78, 5) is 10.6. The van der Waals surface area contributed by atoms with E-state index in [1.54, 1.807) is 18.2 Å². The minimum absolute atomic E-state index is 0.0464. The van der Waals surface area contributed by atoms with Crippen LogP contribution in [0.3, 0.4) is 0 Å². The van der Waals surface area contributed by atoms with Crippen molar-refractivity contribution in [2.75, 3.05) is 24.2 Å². The molecule has 1 unspecified atom stereocenters. The molecule has 1 atom stereocenters. The van der Waals surface area contributed by atoms with Crippen molar-refractivity contribution in [3.8, 4) is 5.75 Å². The number of hydrogen-bond acceptors (Lipinski definition) is 5. The Morgan fingerprint density at radius 1 is 1.59 bits per heavy atom. The molecule has 6 N–H and O–H groups in total. The molecule has 6 nitrogen and oxygen atoms in total. The molecule has 0 fully saturated rings. The van der Waals surface area contributed by atoms with Crippen LogP contribution < -0.4 is 21.5 Å². The summed E-state index contributed by atoms with van der Waals surface area (Å²) in [6.07, 6.45) is -1.22. The summed E-state index contributed by atoms with van der Waals surface area (Å²) >= 11 is 0. The highest BCUT2D eigenvalue weighted by atomic mass is 16.5. The molecular weight excluding hydrogens is 222 g/mol. The first-order valence-corrected chi connectivity index (χ1v) is 5.28. The summed E-state index contributed by atoms with van der Waals surface area (Å²) in [6, 6.07) is 5.11. The van der Waals surface area contributed by atoms with Crippen molar-refractivity contribution in [1.82, 2.24) is 0 Å². The average molecular weight is 239 g/mol. The second kappa shape index (κ2) is 5.95. The number of aliphatic hydroxyl groups excluding tert-OH is 1.